The fourth-order valence-corrected chi connectivity index (χ4v) is 3.37. The van der Waals surface area contributed by atoms with Gasteiger partial charge in [-0.1, -0.05) is 30.1 Å². The Bertz CT molecular complexity index is 610. The number of hydrogen-bond acceptors (Lipinski definition) is 2. The van der Waals surface area contributed by atoms with Crippen LogP contribution in [0.2, 0.25) is 10.0 Å². The van der Waals surface area contributed by atoms with Crippen molar-refractivity contribution < 1.29 is 9.59 Å². The predicted octanol–water partition coefficient (Wildman–Crippen LogP) is 4.00. The highest BCUT2D eigenvalue weighted by atomic mass is 35.5. The first-order valence-electron chi connectivity index (χ1n) is 7.05. The summed E-state index contributed by atoms with van der Waals surface area (Å²) >= 11 is 11.9. The van der Waals surface area contributed by atoms with Gasteiger partial charge in [-0.2, -0.15) is 0 Å². The summed E-state index contributed by atoms with van der Waals surface area (Å²) in [5.41, 5.74) is -0.280. The third-order valence-corrected chi connectivity index (χ3v) is 5.19. The lowest BCUT2D eigenvalue weighted by atomic mass is 9.77. The average molecular weight is 327 g/mol. The molecule has 6 heteroatoms. The predicted molar refractivity (Wildman–Crippen MR) is 82.8 cm³/mol. The van der Waals surface area contributed by atoms with E-state index in [1.54, 1.807) is 18.2 Å². The van der Waals surface area contributed by atoms with Crippen LogP contribution in [0.1, 0.15) is 32.6 Å². The average Bonchev–Trinajstić information content (AvgIpc) is 2.68. The molecular formula is C15H16Cl2N2O2. The Balaban J connectivity index is 1.92. The Labute approximate surface area is 133 Å². The van der Waals surface area contributed by atoms with Crippen molar-refractivity contribution in [3.63, 3.8) is 0 Å². The maximum absolute atomic E-state index is 12.8. The first-order valence-corrected chi connectivity index (χ1v) is 7.80. The van der Waals surface area contributed by atoms with E-state index in [2.05, 4.69) is 12.2 Å². The molecule has 1 spiro atoms. The minimum Gasteiger partial charge on any atom is -0.323 e. The Kier molecular flexibility index (Phi) is 3.62. The lowest BCUT2D eigenvalue weighted by Gasteiger charge is -2.33. The van der Waals surface area contributed by atoms with Gasteiger partial charge >= 0.3 is 6.03 Å². The number of nitrogens with zero attached hydrogens (tertiary/aromatic N) is 1. The molecule has 2 aliphatic rings. The van der Waals surface area contributed by atoms with E-state index < -0.39 is 5.54 Å². The maximum atomic E-state index is 12.8. The first kappa shape index (κ1) is 14.7. The fourth-order valence-electron chi connectivity index (χ4n) is 3.07. The minimum atomic E-state index is -0.740. The van der Waals surface area contributed by atoms with Crippen LogP contribution < -0.4 is 10.2 Å². The van der Waals surface area contributed by atoms with E-state index in [4.69, 9.17) is 23.2 Å². The largest absolute Gasteiger partial charge is 0.329 e. The van der Waals surface area contributed by atoms with E-state index in [9.17, 15) is 9.59 Å². The van der Waals surface area contributed by atoms with Crippen molar-refractivity contribution >= 4 is 40.8 Å². The van der Waals surface area contributed by atoms with Crippen LogP contribution in [0.15, 0.2) is 18.2 Å². The molecular weight excluding hydrogens is 311 g/mol. The number of rotatable bonds is 1. The summed E-state index contributed by atoms with van der Waals surface area (Å²) in [5, 5.41) is 3.61. The summed E-state index contributed by atoms with van der Waals surface area (Å²) in [6, 6.07) is 4.39. The van der Waals surface area contributed by atoms with Crippen LogP contribution in [0.3, 0.4) is 0 Å². The van der Waals surface area contributed by atoms with E-state index in [0.717, 1.165) is 12.8 Å². The van der Waals surface area contributed by atoms with E-state index >= 15 is 0 Å². The Hall–Kier alpha value is -1.26. The molecule has 0 unspecified atom stereocenters. The van der Waals surface area contributed by atoms with Crippen molar-refractivity contribution in [1.82, 2.24) is 5.32 Å². The maximum Gasteiger partial charge on any atom is 0.329 e. The molecule has 0 radical (unpaired) electrons. The molecule has 4 nitrogen and oxygen atoms in total. The highest BCUT2D eigenvalue weighted by molar-refractivity contribution is 6.42. The van der Waals surface area contributed by atoms with Gasteiger partial charge in [-0.05, 0) is 49.8 Å². The van der Waals surface area contributed by atoms with Gasteiger partial charge in [0.1, 0.15) is 5.54 Å². The minimum absolute atomic E-state index is 0.183. The number of anilines is 1. The second-order valence-electron chi connectivity index (χ2n) is 5.93. The Morgan fingerprint density at radius 2 is 1.86 bits per heavy atom. The van der Waals surface area contributed by atoms with Gasteiger partial charge in [0.25, 0.3) is 5.91 Å². The standard InChI is InChI=1S/C15H16Cl2N2O2/c1-9-4-6-15(7-5-9)13(20)19(14(21)18-15)10-2-3-11(16)12(17)8-10/h2-3,8-9H,4-7H2,1H3,(H,18,21). The third-order valence-electron chi connectivity index (χ3n) is 4.45. The zero-order valence-corrected chi connectivity index (χ0v) is 13.2. The van der Waals surface area contributed by atoms with Gasteiger partial charge in [-0.25, -0.2) is 9.69 Å². The van der Waals surface area contributed by atoms with Crippen molar-refractivity contribution in [2.45, 2.75) is 38.1 Å². The summed E-state index contributed by atoms with van der Waals surface area (Å²) in [6.07, 6.45) is 3.27. The highest BCUT2D eigenvalue weighted by Crippen LogP contribution is 2.38. The number of hydrogen-bond donors (Lipinski definition) is 1. The summed E-state index contributed by atoms with van der Waals surface area (Å²) in [7, 11) is 0. The van der Waals surface area contributed by atoms with Crippen LogP contribution in [0, 0.1) is 5.92 Å². The van der Waals surface area contributed by atoms with E-state index in [1.807, 2.05) is 0 Å². The zero-order valence-electron chi connectivity index (χ0n) is 11.7. The van der Waals surface area contributed by atoms with Gasteiger partial charge in [0.2, 0.25) is 0 Å². The normalized spacial score (nSPS) is 29.1. The number of amides is 3. The topological polar surface area (TPSA) is 49.4 Å². The molecule has 0 aromatic heterocycles. The number of carbonyl (C=O) groups is 2. The molecule has 1 saturated carbocycles. The molecule has 1 aliphatic carbocycles. The van der Waals surface area contributed by atoms with Gasteiger partial charge < -0.3 is 5.32 Å². The van der Waals surface area contributed by atoms with Crippen LogP contribution >= 0.6 is 23.2 Å². The summed E-state index contributed by atoms with van der Waals surface area (Å²) in [5.74, 6) is 0.414. The number of imide groups is 1. The molecule has 3 rings (SSSR count). The zero-order chi connectivity index (χ0) is 15.2. The molecule has 3 amide bonds. The van der Waals surface area contributed by atoms with Crippen molar-refractivity contribution in [2.24, 2.45) is 5.92 Å². The van der Waals surface area contributed by atoms with E-state index in [0.29, 0.717) is 34.5 Å². The molecule has 1 aliphatic heterocycles. The van der Waals surface area contributed by atoms with Gasteiger partial charge in [0.05, 0.1) is 15.7 Å². The second-order valence-corrected chi connectivity index (χ2v) is 6.75. The second kappa shape index (κ2) is 5.18. The molecule has 1 heterocycles. The summed E-state index contributed by atoms with van der Waals surface area (Å²) in [4.78, 5) is 26.2. The molecule has 112 valence electrons. The lowest BCUT2D eigenvalue weighted by molar-refractivity contribution is -0.123. The highest BCUT2D eigenvalue weighted by Gasteiger charge is 2.52. The first-order chi connectivity index (χ1) is 9.93. The van der Waals surface area contributed by atoms with Gasteiger partial charge in [-0.3, -0.25) is 4.79 Å². The lowest BCUT2D eigenvalue weighted by Crippen LogP contribution is -2.49. The van der Waals surface area contributed by atoms with Gasteiger partial charge in [-0.15, -0.1) is 0 Å². The van der Waals surface area contributed by atoms with Gasteiger partial charge in [0.15, 0.2) is 0 Å². The van der Waals surface area contributed by atoms with Crippen molar-refractivity contribution in [3.05, 3.63) is 28.2 Å². The van der Waals surface area contributed by atoms with Crippen LogP contribution in [-0.4, -0.2) is 17.5 Å². The number of carbonyl (C=O) groups excluding carboxylic acids is 2. The number of nitrogens with one attached hydrogen (secondary N) is 1. The molecule has 2 fully saturated rings. The van der Waals surface area contributed by atoms with Crippen LogP contribution in [-0.2, 0) is 4.79 Å². The number of urea groups is 1. The summed E-state index contributed by atoms with van der Waals surface area (Å²) < 4.78 is 0. The van der Waals surface area contributed by atoms with Gasteiger partial charge in [0, 0.05) is 0 Å². The molecule has 1 saturated heterocycles. The van der Waals surface area contributed by atoms with Crippen molar-refractivity contribution in [2.75, 3.05) is 4.90 Å². The Morgan fingerprint density at radius 1 is 1.19 bits per heavy atom. The van der Waals surface area contributed by atoms with Crippen LogP contribution in [0.5, 0.6) is 0 Å². The van der Waals surface area contributed by atoms with E-state index in [1.165, 1.54) is 4.90 Å². The van der Waals surface area contributed by atoms with Crippen molar-refractivity contribution in [1.29, 1.82) is 0 Å². The molecule has 0 bridgehead atoms. The number of benzene rings is 1. The fraction of sp³-hybridized carbons (Fsp3) is 0.467. The molecule has 21 heavy (non-hydrogen) atoms. The molecule has 1 aromatic rings. The number of halogens is 2. The Morgan fingerprint density at radius 3 is 2.48 bits per heavy atom. The van der Waals surface area contributed by atoms with E-state index in [-0.39, 0.29) is 11.9 Å². The monoisotopic (exact) mass is 326 g/mol. The molecule has 0 atom stereocenters. The smallest absolute Gasteiger partial charge is 0.323 e. The summed E-state index contributed by atoms with van der Waals surface area (Å²) in [6.45, 7) is 2.17. The quantitative estimate of drug-likeness (QED) is 0.793. The third kappa shape index (κ3) is 2.40. The molecule has 1 N–H and O–H groups in total. The van der Waals surface area contributed by atoms with Crippen molar-refractivity contribution in [3.8, 4) is 0 Å². The van der Waals surface area contributed by atoms with Crippen LogP contribution in [0.25, 0.3) is 0 Å². The molecule has 1 aromatic carbocycles. The van der Waals surface area contributed by atoms with Crippen LogP contribution in [0.4, 0.5) is 10.5 Å². The SMILES string of the molecule is CC1CCC2(CC1)NC(=O)N(c1ccc(Cl)c(Cl)c1)C2=O.